The third-order valence-electron chi connectivity index (χ3n) is 4.19. The van der Waals surface area contributed by atoms with Crippen LogP contribution >= 0.6 is 11.3 Å². The number of hydrogen-bond donors (Lipinski definition) is 0. The highest BCUT2D eigenvalue weighted by atomic mass is 32.1. The van der Waals surface area contributed by atoms with E-state index in [-0.39, 0.29) is 17.3 Å². The number of thiazole rings is 1. The predicted octanol–water partition coefficient (Wildman–Crippen LogP) is 3.40. The van der Waals surface area contributed by atoms with Crippen LogP contribution in [0.2, 0.25) is 0 Å². The molecule has 0 spiro atoms. The molecule has 0 bridgehead atoms. The Kier molecular flexibility index (Phi) is 3.86. The second-order valence-electron chi connectivity index (χ2n) is 5.68. The average Bonchev–Trinajstić information content (AvgIpc) is 3.09. The van der Waals surface area contributed by atoms with Crippen LogP contribution in [0.3, 0.4) is 0 Å². The molecule has 122 valence electrons. The highest BCUT2D eigenvalue weighted by Crippen LogP contribution is 2.31. The van der Waals surface area contributed by atoms with Crippen LogP contribution in [-0.2, 0) is 6.54 Å². The van der Waals surface area contributed by atoms with Gasteiger partial charge in [0.2, 0.25) is 17.3 Å². The van der Waals surface area contributed by atoms with Crippen molar-refractivity contribution >= 4 is 35.1 Å². The lowest BCUT2D eigenvalue weighted by atomic mass is 9.91. The van der Waals surface area contributed by atoms with Crippen molar-refractivity contribution in [3.05, 3.63) is 81.1 Å². The molecule has 0 fully saturated rings. The number of nitrogens with zero attached hydrogens (tertiary/aromatic N) is 2. The lowest BCUT2D eigenvalue weighted by Gasteiger charge is -2.11. The van der Waals surface area contributed by atoms with Crippen LogP contribution in [0, 0.1) is 0 Å². The molecule has 1 aliphatic rings. The standard InChI is InChI=1S/C20H15N2O2S/c1-2-22-12-6-5-7-13(22)10-11-16-21-17-18(23)14-8-3-4-9-15(14)19(24)20(17)25-16/h3-12H,2H2,1H3/q+1/b11-10+. The summed E-state index contributed by atoms with van der Waals surface area (Å²) in [4.78, 5) is 30.1. The van der Waals surface area contributed by atoms with E-state index in [0.717, 1.165) is 12.2 Å². The molecule has 1 aliphatic carbocycles. The summed E-state index contributed by atoms with van der Waals surface area (Å²) in [7, 11) is 0. The summed E-state index contributed by atoms with van der Waals surface area (Å²) in [6, 6.07) is 12.9. The molecular formula is C20H15N2O2S+. The van der Waals surface area contributed by atoms with Crippen LogP contribution < -0.4 is 4.57 Å². The fraction of sp³-hybridized carbons (Fsp3) is 0.100. The van der Waals surface area contributed by atoms with Crippen molar-refractivity contribution in [2.24, 2.45) is 0 Å². The molecule has 0 saturated carbocycles. The molecule has 0 atom stereocenters. The van der Waals surface area contributed by atoms with Gasteiger partial charge in [0.25, 0.3) is 0 Å². The van der Waals surface area contributed by atoms with E-state index in [0.29, 0.717) is 21.0 Å². The highest BCUT2D eigenvalue weighted by molar-refractivity contribution is 7.15. The number of aromatic nitrogens is 2. The summed E-state index contributed by atoms with van der Waals surface area (Å²) in [5.74, 6) is -0.296. The number of rotatable bonds is 3. The minimum absolute atomic E-state index is 0.120. The van der Waals surface area contributed by atoms with Crippen molar-refractivity contribution in [3.8, 4) is 0 Å². The third kappa shape index (κ3) is 2.62. The Morgan fingerprint density at radius 2 is 1.72 bits per heavy atom. The SMILES string of the molecule is CC[n+]1ccccc1/C=C/c1nc2c(s1)C(=O)c1ccccc1C2=O. The van der Waals surface area contributed by atoms with Crippen molar-refractivity contribution in [1.82, 2.24) is 4.98 Å². The van der Waals surface area contributed by atoms with Gasteiger partial charge in [-0.05, 0) is 19.1 Å². The third-order valence-corrected chi connectivity index (χ3v) is 5.21. The number of carbonyl (C=O) groups excluding carboxylic acids is 2. The molecule has 2 aromatic heterocycles. The molecule has 5 heteroatoms. The van der Waals surface area contributed by atoms with Crippen LogP contribution in [0.25, 0.3) is 12.2 Å². The molecule has 2 heterocycles. The number of benzene rings is 1. The molecule has 1 aromatic carbocycles. The molecule has 3 aromatic rings. The fourth-order valence-electron chi connectivity index (χ4n) is 2.93. The van der Waals surface area contributed by atoms with Gasteiger partial charge in [-0.1, -0.05) is 24.3 Å². The Morgan fingerprint density at radius 1 is 1.00 bits per heavy atom. The molecule has 4 rings (SSSR count). The first-order valence-corrected chi connectivity index (χ1v) is 8.86. The Hall–Kier alpha value is -2.92. The van der Waals surface area contributed by atoms with Gasteiger partial charge < -0.3 is 0 Å². The smallest absolute Gasteiger partial charge is 0.213 e. The topological polar surface area (TPSA) is 50.9 Å². The molecule has 0 N–H and O–H groups in total. The summed E-state index contributed by atoms with van der Waals surface area (Å²) in [5, 5.41) is 0.658. The number of carbonyl (C=O) groups is 2. The van der Waals surface area contributed by atoms with Crippen LogP contribution in [-0.4, -0.2) is 16.6 Å². The van der Waals surface area contributed by atoms with Gasteiger partial charge in [0.05, 0.1) is 0 Å². The van der Waals surface area contributed by atoms with Crippen LogP contribution in [0.1, 0.15) is 48.9 Å². The van der Waals surface area contributed by atoms with Gasteiger partial charge in [0.1, 0.15) is 22.1 Å². The number of hydrogen-bond acceptors (Lipinski definition) is 4. The molecule has 0 amide bonds. The Labute approximate surface area is 149 Å². The van der Waals surface area contributed by atoms with E-state index < -0.39 is 0 Å². The van der Waals surface area contributed by atoms with Crippen LogP contribution in [0.4, 0.5) is 0 Å². The lowest BCUT2D eigenvalue weighted by molar-refractivity contribution is -0.695. The zero-order chi connectivity index (χ0) is 17.4. The van der Waals surface area contributed by atoms with Gasteiger partial charge in [-0.3, -0.25) is 9.59 Å². The molecule has 0 saturated heterocycles. The number of aryl methyl sites for hydroxylation is 1. The Morgan fingerprint density at radius 3 is 2.48 bits per heavy atom. The zero-order valence-electron chi connectivity index (χ0n) is 13.6. The van der Waals surface area contributed by atoms with E-state index in [1.165, 1.54) is 11.3 Å². The lowest BCUT2D eigenvalue weighted by Crippen LogP contribution is -2.34. The van der Waals surface area contributed by atoms with Gasteiger partial charge in [-0.15, -0.1) is 11.3 Å². The maximum atomic E-state index is 12.6. The predicted molar refractivity (Wildman–Crippen MR) is 96.7 cm³/mol. The molecule has 0 unspecified atom stereocenters. The summed E-state index contributed by atoms with van der Waals surface area (Å²) in [6.07, 6.45) is 5.82. The van der Waals surface area contributed by atoms with Gasteiger partial charge in [-0.2, -0.15) is 4.57 Å². The van der Waals surface area contributed by atoms with Gasteiger partial charge >= 0.3 is 0 Å². The zero-order valence-corrected chi connectivity index (χ0v) is 14.4. The number of pyridine rings is 1. The van der Waals surface area contributed by atoms with Gasteiger partial charge in [-0.25, -0.2) is 4.98 Å². The van der Waals surface area contributed by atoms with E-state index >= 15 is 0 Å². The highest BCUT2D eigenvalue weighted by Gasteiger charge is 2.32. The quantitative estimate of drug-likeness (QED) is 0.534. The maximum absolute atomic E-state index is 12.6. The average molecular weight is 347 g/mol. The van der Waals surface area contributed by atoms with E-state index in [9.17, 15) is 9.59 Å². The van der Waals surface area contributed by atoms with Crippen molar-refractivity contribution < 1.29 is 14.2 Å². The van der Waals surface area contributed by atoms with Gasteiger partial charge in [0, 0.05) is 29.3 Å². The minimum atomic E-state index is -0.176. The number of fused-ring (bicyclic) bond motifs is 2. The number of ketones is 2. The minimum Gasteiger partial charge on any atom is -0.288 e. The summed E-state index contributed by atoms with van der Waals surface area (Å²) in [5.41, 5.74) is 2.21. The fourth-order valence-corrected chi connectivity index (χ4v) is 3.85. The molecule has 0 aliphatic heterocycles. The van der Waals surface area contributed by atoms with Crippen LogP contribution in [0.5, 0.6) is 0 Å². The molecule has 25 heavy (non-hydrogen) atoms. The first-order valence-electron chi connectivity index (χ1n) is 8.05. The molecule has 4 nitrogen and oxygen atoms in total. The first kappa shape index (κ1) is 15.6. The monoisotopic (exact) mass is 347 g/mol. The second kappa shape index (κ2) is 6.18. The van der Waals surface area contributed by atoms with Crippen molar-refractivity contribution in [2.75, 3.05) is 0 Å². The Bertz CT molecular complexity index is 981. The summed E-state index contributed by atoms with van der Waals surface area (Å²) >= 11 is 1.27. The first-order chi connectivity index (χ1) is 12.2. The second-order valence-corrected chi connectivity index (χ2v) is 6.71. The van der Waals surface area contributed by atoms with Crippen molar-refractivity contribution in [3.63, 3.8) is 0 Å². The van der Waals surface area contributed by atoms with Crippen molar-refractivity contribution in [1.29, 1.82) is 0 Å². The van der Waals surface area contributed by atoms with Crippen LogP contribution in [0.15, 0.2) is 48.7 Å². The molecular weight excluding hydrogens is 332 g/mol. The normalized spacial score (nSPS) is 13.2. The largest absolute Gasteiger partial charge is 0.288 e. The van der Waals surface area contributed by atoms with E-state index in [1.807, 2.05) is 36.5 Å². The Balaban J connectivity index is 1.72. The maximum Gasteiger partial charge on any atom is 0.213 e. The van der Waals surface area contributed by atoms with E-state index in [1.54, 1.807) is 24.3 Å². The van der Waals surface area contributed by atoms with E-state index in [4.69, 9.17) is 0 Å². The summed E-state index contributed by atoms with van der Waals surface area (Å²) in [6.45, 7) is 2.94. The van der Waals surface area contributed by atoms with E-state index in [2.05, 4.69) is 16.5 Å². The summed E-state index contributed by atoms with van der Waals surface area (Å²) < 4.78 is 2.11. The van der Waals surface area contributed by atoms with Crippen molar-refractivity contribution in [2.45, 2.75) is 13.5 Å². The van der Waals surface area contributed by atoms with Gasteiger partial charge in [0.15, 0.2) is 6.20 Å². The molecule has 0 radical (unpaired) electrons.